The minimum absolute atomic E-state index is 0. The van der Waals surface area contributed by atoms with E-state index in [4.69, 9.17) is 0 Å². The highest BCUT2D eigenvalue weighted by atomic mass is 35.5. The Morgan fingerprint density at radius 1 is 1.26 bits per heavy atom. The van der Waals surface area contributed by atoms with E-state index in [-0.39, 0.29) is 24.2 Å². The van der Waals surface area contributed by atoms with Gasteiger partial charge in [-0.05, 0) is 26.1 Å². The van der Waals surface area contributed by atoms with Crippen LogP contribution in [-0.2, 0) is 4.79 Å². The Balaban J connectivity index is 0.00000324. The highest BCUT2D eigenvalue weighted by Gasteiger charge is 2.13. The predicted molar refractivity (Wildman–Crippen MR) is 85.1 cm³/mol. The van der Waals surface area contributed by atoms with Gasteiger partial charge < -0.3 is 10.6 Å². The second-order valence-electron chi connectivity index (χ2n) is 4.46. The molecular formula is C14H23ClN2OS. The van der Waals surface area contributed by atoms with Gasteiger partial charge in [-0.3, -0.25) is 4.79 Å². The molecule has 0 aliphatic heterocycles. The summed E-state index contributed by atoms with van der Waals surface area (Å²) in [6.45, 7) is 4.69. The summed E-state index contributed by atoms with van der Waals surface area (Å²) < 4.78 is 0. The zero-order valence-corrected chi connectivity index (χ0v) is 13.3. The van der Waals surface area contributed by atoms with Crippen LogP contribution in [-0.4, -0.2) is 31.3 Å². The number of nitrogens with one attached hydrogen (secondary N) is 2. The summed E-state index contributed by atoms with van der Waals surface area (Å²) in [5.74, 6) is 0.962. The van der Waals surface area contributed by atoms with Crippen molar-refractivity contribution in [3.05, 3.63) is 30.3 Å². The van der Waals surface area contributed by atoms with Crippen molar-refractivity contribution in [1.82, 2.24) is 10.6 Å². The standard InChI is InChI=1S/C14H22N2OS.ClH/c1-11(14(17)16-9-12(2)15-3)10-18-13-7-5-4-6-8-13;/h4-8,11-12,15H,9-10H2,1-3H3,(H,16,17);1H. The molecule has 2 atom stereocenters. The van der Waals surface area contributed by atoms with Crippen molar-refractivity contribution in [2.24, 2.45) is 5.92 Å². The third-order valence-electron chi connectivity index (χ3n) is 2.77. The van der Waals surface area contributed by atoms with Gasteiger partial charge in [0.05, 0.1) is 0 Å². The third-order valence-corrected chi connectivity index (χ3v) is 4.04. The van der Waals surface area contributed by atoms with Crippen LogP contribution in [0, 0.1) is 5.92 Å². The maximum atomic E-state index is 11.8. The number of carbonyl (C=O) groups is 1. The molecule has 0 aliphatic carbocycles. The van der Waals surface area contributed by atoms with Gasteiger partial charge in [-0.15, -0.1) is 24.2 Å². The van der Waals surface area contributed by atoms with Crippen LogP contribution in [0.15, 0.2) is 35.2 Å². The molecule has 3 nitrogen and oxygen atoms in total. The quantitative estimate of drug-likeness (QED) is 0.761. The molecule has 1 aromatic carbocycles. The Hall–Kier alpha value is -0.710. The maximum absolute atomic E-state index is 11.8. The second-order valence-corrected chi connectivity index (χ2v) is 5.55. The maximum Gasteiger partial charge on any atom is 0.223 e. The van der Waals surface area contributed by atoms with Crippen LogP contribution in [0.25, 0.3) is 0 Å². The normalized spacial score (nSPS) is 13.2. The Kier molecular flexibility index (Phi) is 9.74. The van der Waals surface area contributed by atoms with E-state index >= 15 is 0 Å². The fourth-order valence-corrected chi connectivity index (χ4v) is 2.29. The molecule has 0 fully saturated rings. The SMILES string of the molecule is CNC(C)CNC(=O)C(C)CSc1ccccc1.Cl. The van der Waals surface area contributed by atoms with Gasteiger partial charge in [0.25, 0.3) is 0 Å². The monoisotopic (exact) mass is 302 g/mol. The molecule has 0 radical (unpaired) electrons. The molecular weight excluding hydrogens is 280 g/mol. The smallest absolute Gasteiger partial charge is 0.223 e. The van der Waals surface area contributed by atoms with Crippen molar-refractivity contribution in [3.63, 3.8) is 0 Å². The van der Waals surface area contributed by atoms with Gasteiger partial charge >= 0.3 is 0 Å². The van der Waals surface area contributed by atoms with Gasteiger partial charge in [-0.1, -0.05) is 25.1 Å². The van der Waals surface area contributed by atoms with Crippen LogP contribution in [0.2, 0.25) is 0 Å². The molecule has 1 rings (SSSR count). The number of thioether (sulfide) groups is 1. The van der Waals surface area contributed by atoms with Crippen molar-refractivity contribution >= 4 is 30.1 Å². The number of carbonyl (C=O) groups excluding carboxylic acids is 1. The van der Waals surface area contributed by atoms with E-state index in [0.717, 1.165) is 5.75 Å². The van der Waals surface area contributed by atoms with Gasteiger partial charge in [0.1, 0.15) is 0 Å². The number of likely N-dealkylation sites (N-methyl/N-ethyl adjacent to an activating group) is 1. The van der Waals surface area contributed by atoms with E-state index in [9.17, 15) is 4.79 Å². The average Bonchev–Trinajstić information content (AvgIpc) is 2.42. The number of halogens is 1. The average molecular weight is 303 g/mol. The zero-order valence-electron chi connectivity index (χ0n) is 11.7. The molecule has 0 heterocycles. The van der Waals surface area contributed by atoms with E-state index < -0.39 is 0 Å². The van der Waals surface area contributed by atoms with Gasteiger partial charge in [-0.2, -0.15) is 0 Å². The van der Waals surface area contributed by atoms with E-state index in [0.29, 0.717) is 12.6 Å². The van der Waals surface area contributed by atoms with E-state index in [2.05, 4.69) is 22.8 Å². The summed E-state index contributed by atoms with van der Waals surface area (Å²) in [5, 5.41) is 6.05. The summed E-state index contributed by atoms with van der Waals surface area (Å²) in [5.41, 5.74) is 0. The van der Waals surface area contributed by atoms with Crippen LogP contribution in [0.3, 0.4) is 0 Å². The van der Waals surface area contributed by atoms with Crippen LogP contribution in [0.5, 0.6) is 0 Å². The molecule has 2 unspecified atom stereocenters. The minimum Gasteiger partial charge on any atom is -0.354 e. The molecule has 0 aliphatic rings. The molecule has 2 N–H and O–H groups in total. The summed E-state index contributed by atoms with van der Waals surface area (Å²) in [6, 6.07) is 10.5. The topological polar surface area (TPSA) is 41.1 Å². The van der Waals surface area contributed by atoms with Crippen LogP contribution in [0.4, 0.5) is 0 Å². The first kappa shape index (κ1) is 18.3. The molecule has 0 bridgehead atoms. The van der Waals surface area contributed by atoms with Gasteiger partial charge in [0, 0.05) is 29.2 Å². The molecule has 0 saturated carbocycles. The molecule has 0 saturated heterocycles. The molecule has 5 heteroatoms. The Morgan fingerprint density at radius 3 is 2.47 bits per heavy atom. The van der Waals surface area contributed by atoms with Crippen molar-refractivity contribution in [2.45, 2.75) is 24.8 Å². The fourth-order valence-electron chi connectivity index (χ4n) is 1.34. The van der Waals surface area contributed by atoms with Crippen LogP contribution in [0.1, 0.15) is 13.8 Å². The molecule has 0 spiro atoms. The van der Waals surface area contributed by atoms with Gasteiger partial charge in [-0.25, -0.2) is 0 Å². The Morgan fingerprint density at radius 2 is 1.89 bits per heavy atom. The lowest BCUT2D eigenvalue weighted by Gasteiger charge is -2.15. The summed E-state index contributed by atoms with van der Waals surface area (Å²) in [6.07, 6.45) is 0. The summed E-state index contributed by atoms with van der Waals surface area (Å²) in [4.78, 5) is 13.0. The summed E-state index contributed by atoms with van der Waals surface area (Å²) in [7, 11) is 1.89. The second kappa shape index (κ2) is 10.1. The molecule has 0 aromatic heterocycles. The zero-order chi connectivity index (χ0) is 13.4. The molecule has 1 amide bonds. The molecule has 19 heavy (non-hydrogen) atoms. The number of benzene rings is 1. The first-order chi connectivity index (χ1) is 8.63. The molecule has 1 aromatic rings. The number of hydrogen-bond donors (Lipinski definition) is 2. The summed E-state index contributed by atoms with van der Waals surface area (Å²) >= 11 is 1.72. The highest BCUT2D eigenvalue weighted by Crippen LogP contribution is 2.19. The van der Waals surface area contributed by atoms with Crippen molar-refractivity contribution < 1.29 is 4.79 Å². The third kappa shape index (κ3) is 7.45. The highest BCUT2D eigenvalue weighted by molar-refractivity contribution is 7.99. The first-order valence-corrected chi connectivity index (χ1v) is 7.25. The largest absolute Gasteiger partial charge is 0.354 e. The number of amides is 1. The van der Waals surface area contributed by atoms with Crippen molar-refractivity contribution in [2.75, 3.05) is 19.3 Å². The lowest BCUT2D eigenvalue weighted by Crippen LogP contribution is -2.39. The van der Waals surface area contributed by atoms with Gasteiger partial charge in [0.15, 0.2) is 0 Å². The van der Waals surface area contributed by atoms with Gasteiger partial charge in [0.2, 0.25) is 5.91 Å². The van der Waals surface area contributed by atoms with Crippen LogP contribution >= 0.6 is 24.2 Å². The number of hydrogen-bond acceptors (Lipinski definition) is 3. The van der Waals surface area contributed by atoms with Crippen molar-refractivity contribution in [3.8, 4) is 0 Å². The lowest BCUT2D eigenvalue weighted by atomic mass is 10.2. The van der Waals surface area contributed by atoms with Crippen LogP contribution < -0.4 is 10.6 Å². The predicted octanol–water partition coefficient (Wildman–Crippen LogP) is 2.56. The fraction of sp³-hybridized carbons (Fsp3) is 0.500. The van der Waals surface area contributed by atoms with E-state index in [1.54, 1.807) is 11.8 Å². The van der Waals surface area contributed by atoms with E-state index in [1.807, 2.05) is 39.1 Å². The van der Waals surface area contributed by atoms with E-state index in [1.165, 1.54) is 4.90 Å². The minimum atomic E-state index is 0. The Labute approximate surface area is 126 Å². The Bertz CT molecular complexity index is 362. The first-order valence-electron chi connectivity index (χ1n) is 6.26. The number of rotatable bonds is 7. The van der Waals surface area contributed by atoms with Crippen molar-refractivity contribution in [1.29, 1.82) is 0 Å². The molecule has 108 valence electrons. The lowest BCUT2D eigenvalue weighted by molar-refractivity contribution is -0.123.